The lowest BCUT2D eigenvalue weighted by Gasteiger charge is -2.30. The first-order valence-corrected chi connectivity index (χ1v) is 11.0. The molecule has 2 heterocycles. The first kappa shape index (κ1) is 21.9. The van der Waals surface area contributed by atoms with Gasteiger partial charge in [-0.2, -0.15) is 5.10 Å². The van der Waals surface area contributed by atoms with Crippen molar-refractivity contribution in [3.8, 4) is 16.9 Å². The molecular weight excluding hydrogens is 402 g/mol. The number of carbonyl (C=O) groups excluding carboxylic acids is 1. The van der Waals surface area contributed by atoms with Crippen LogP contribution >= 0.6 is 0 Å². The summed E-state index contributed by atoms with van der Waals surface area (Å²) in [6, 6.07) is 12.0. The number of anilines is 1. The summed E-state index contributed by atoms with van der Waals surface area (Å²) in [5, 5.41) is 10.8. The standard InChI is InChI=1S/C25H31N5O2/c1-17-5-6-22(30-9-7-26-8-10-30)14-24(17)25(31)28-18(2)19-11-20(13-23(12-19)32-4)21-15-27-29(3)16-21/h5-6,11-16,18,26H,7-10H2,1-4H3,(H,28,31). The van der Waals surface area contributed by atoms with Crippen molar-refractivity contribution in [3.05, 3.63) is 65.5 Å². The van der Waals surface area contributed by atoms with Gasteiger partial charge in [-0.15, -0.1) is 0 Å². The monoisotopic (exact) mass is 433 g/mol. The molecule has 3 aromatic rings. The van der Waals surface area contributed by atoms with Gasteiger partial charge >= 0.3 is 0 Å². The second kappa shape index (κ2) is 9.44. The molecule has 7 nitrogen and oxygen atoms in total. The third kappa shape index (κ3) is 4.78. The third-order valence-corrected chi connectivity index (χ3v) is 6.00. The molecule has 1 atom stereocenters. The predicted octanol–water partition coefficient (Wildman–Crippen LogP) is 3.30. The number of carbonyl (C=O) groups is 1. The maximum Gasteiger partial charge on any atom is 0.252 e. The minimum Gasteiger partial charge on any atom is -0.497 e. The Morgan fingerprint density at radius 2 is 1.94 bits per heavy atom. The van der Waals surface area contributed by atoms with Gasteiger partial charge in [-0.25, -0.2) is 0 Å². The topological polar surface area (TPSA) is 71.4 Å². The molecule has 0 aliphatic carbocycles. The summed E-state index contributed by atoms with van der Waals surface area (Å²) in [5.74, 6) is 0.678. The van der Waals surface area contributed by atoms with E-state index in [2.05, 4.69) is 32.8 Å². The van der Waals surface area contributed by atoms with Gasteiger partial charge in [0.05, 0.1) is 19.3 Å². The molecule has 4 rings (SSSR count). The Bertz CT molecular complexity index is 1100. The number of amides is 1. The largest absolute Gasteiger partial charge is 0.497 e. The first-order valence-electron chi connectivity index (χ1n) is 11.0. The van der Waals surface area contributed by atoms with E-state index in [4.69, 9.17) is 4.74 Å². The lowest BCUT2D eigenvalue weighted by atomic mass is 10.0. The molecule has 1 unspecified atom stereocenters. The molecule has 2 aromatic carbocycles. The van der Waals surface area contributed by atoms with E-state index in [9.17, 15) is 4.79 Å². The summed E-state index contributed by atoms with van der Waals surface area (Å²) in [4.78, 5) is 15.5. The zero-order valence-corrected chi connectivity index (χ0v) is 19.2. The van der Waals surface area contributed by atoms with Crippen molar-refractivity contribution in [3.63, 3.8) is 0 Å². The Morgan fingerprint density at radius 3 is 2.62 bits per heavy atom. The average Bonchev–Trinajstić information content (AvgIpc) is 3.25. The van der Waals surface area contributed by atoms with Crippen molar-refractivity contribution >= 4 is 11.6 Å². The Labute approximate surface area is 189 Å². The second-order valence-electron chi connectivity index (χ2n) is 8.33. The number of aryl methyl sites for hydroxylation is 2. The number of methoxy groups -OCH3 is 1. The maximum atomic E-state index is 13.2. The number of rotatable bonds is 6. The number of nitrogens with one attached hydrogen (secondary N) is 2. The number of aromatic nitrogens is 2. The maximum absolute atomic E-state index is 13.2. The number of hydrogen-bond acceptors (Lipinski definition) is 5. The molecule has 1 aliphatic rings. The molecule has 1 aliphatic heterocycles. The van der Waals surface area contributed by atoms with Crippen LogP contribution in [0.25, 0.3) is 11.1 Å². The van der Waals surface area contributed by atoms with Crippen LogP contribution in [0, 0.1) is 6.92 Å². The Hall–Kier alpha value is -3.32. The molecular formula is C25H31N5O2. The number of benzene rings is 2. The summed E-state index contributed by atoms with van der Waals surface area (Å²) in [5.41, 5.74) is 5.76. The smallest absolute Gasteiger partial charge is 0.252 e. The molecule has 1 aromatic heterocycles. The highest BCUT2D eigenvalue weighted by Gasteiger charge is 2.18. The van der Waals surface area contributed by atoms with Crippen LogP contribution in [0.2, 0.25) is 0 Å². The fraction of sp³-hybridized carbons (Fsp3) is 0.360. The molecule has 0 bridgehead atoms. The van der Waals surface area contributed by atoms with Gasteiger partial charge in [0.25, 0.3) is 5.91 Å². The van der Waals surface area contributed by atoms with Gasteiger partial charge < -0.3 is 20.3 Å². The summed E-state index contributed by atoms with van der Waals surface area (Å²) in [6.07, 6.45) is 3.79. The van der Waals surface area contributed by atoms with Crippen molar-refractivity contribution in [2.45, 2.75) is 19.9 Å². The van der Waals surface area contributed by atoms with Crippen LogP contribution in [0.4, 0.5) is 5.69 Å². The fourth-order valence-corrected chi connectivity index (χ4v) is 4.06. The van der Waals surface area contributed by atoms with E-state index in [1.165, 1.54) is 0 Å². The van der Waals surface area contributed by atoms with E-state index in [0.29, 0.717) is 5.56 Å². The molecule has 0 radical (unpaired) electrons. The van der Waals surface area contributed by atoms with Gasteiger partial charge in [-0.3, -0.25) is 9.48 Å². The lowest BCUT2D eigenvalue weighted by molar-refractivity contribution is 0.0939. The lowest BCUT2D eigenvalue weighted by Crippen LogP contribution is -2.43. The number of nitrogens with zero attached hydrogens (tertiary/aromatic N) is 3. The van der Waals surface area contributed by atoms with Crippen LogP contribution in [0.1, 0.15) is 34.5 Å². The highest BCUT2D eigenvalue weighted by Crippen LogP contribution is 2.29. The Morgan fingerprint density at radius 1 is 1.16 bits per heavy atom. The van der Waals surface area contributed by atoms with Gasteiger partial charge in [0.1, 0.15) is 5.75 Å². The van der Waals surface area contributed by atoms with Gasteiger partial charge in [0.2, 0.25) is 0 Å². The van der Waals surface area contributed by atoms with Crippen molar-refractivity contribution in [1.82, 2.24) is 20.4 Å². The predicted molar refractivity (Wildman–Crippen MR) is 127 cm³/mol. The third-order valence-electron chi connectivity index (χ3n) is 6.00. The summed E-state index contributed by atoms with van der Waals surface area (Å²) < 4.78 is 7.29. The van der Waals surface area contributed by atoms with Crippen LogP contribution < -0.4 is 20.3 Å². The molecule has 168 valence electrons. The normalized spacial score (nSPS) is 14.8. The highest BCUT2D eigenvalue weighted by atomic mass is 16.5. The molecule has 0 spiro atoms. The van der Waals surface area contributed by atoms with E-state index in [0.717, 1.165) is 59.9 Å². The molecule has 2 N–H and O–H groups in total. The van der Waals surface area contributed by atoms with Crippen molar-refractivity contribution in [2.75, 3.05) is 38.2 Å². The van der Waals surface area contributed by atoms with E-state index in [-0.39, 0.29) is 11.9 Å². The van der Waals surface area contributed by atoms with Crippen molar-refractivity contribution in [1.29, 1.82) is 0 Å². The molecule has 1 fully saturated rings. The number of ether oxygens (including phenoxy) is 1. The van der Waals surface area contributed by atoms with E-state index in [1.807, 2.05) is 57.6 Å². The molecule has 7 heteroatoms. The van der Waals surface area contributed by atoms with Crippen LogP contribution in [0.3, 0.4) is 0 Å². The van der Waals surface area contributed by atoms with Gasteiger partial charge in [0.15, 0.2) is 0 Å². The SMILES string of the molecule is COc1cc(-c2cnn(C)c2)cc(C(C)NC(=O)c2cc(N3CCNCC3)ccc2C)c1. The van der Waals surface area contributed by atoms with E-state index < -0.39 is 0 Å². The van der Waals surface area contributed by atoms with Crippen LogP contribution in [0.5, 0.6) is 5.75 Å². The van der Waals surface area contributed by atoms with Gasteiger partial charge in [0, 0.05) is 56.2 Å². The molecule has 1 amide bonds. The number of piperazine rings is 1. The van der Waals surface area contributed by atoms with Crippen molar-refractivity contribution in [2.24, 2.45) is 7.05 Å². The summed E-state index contributed by atoms with van der Waals surface area (Å²) in [6.45, 7) is 7.79. The molecule has 32 heavy (non-hydrogen) atoms. The Balaban J connectivity index is 1.56. The minimum absolute atomic E-state index is 0.0715. The van der Waals surface area contributed by atoms with Crippen molar-refractivity contribution < 1.29 is 9.53 Å². The summed E-state index contributed by atoms with van der Waals surface area (Å²) >= 11 is 0. The quantitative estimate of drug-likeness (QED) is 0.624. The minimum atomic E-state index is -0.185. The van der Waals surface area contributed by atoms with Crippen LogP contribution in [-0.4, -0.2) is 49.0 Å². The fourth-order valence-electron chi connectivity index (χ4n) is 4.06. The van der Waals surface area contributed by atoms with E-state index in [1.54, 1.807) is 11.8 Å². The van der Waals surface area contributed by atoms with Crippen LogP contribution in [0.15, 0.2) is 48.8 Å². The van der Waals surface area contributed by atoms with Gasteiger partial charge in [-0.1, -0.05) is 6.07 Å². The summed E-state index contributed by atoms with van der Waals surface area (Å²) in [7, 11) is 3.55. The zero-order valence-electron chi connectivity index (χ0n) is 19.2. The first-order chi connectivity index (χ1) is 15.4. The average molecular weight is 434 g/mol. The zero-order chi connectivity index (χ0) is 22.7. The second-order valence-corrected chi connectivity index (χ2v) is 8.33. The number of hydrogen-bond donors (Lipinski definition) is 2. The van der Waals surface area contributed by atoms with Crippen LogP contribution in [-0.2, 0) is 7.05 Å². The molecule has 1 saturated heterocycles. The van der Waals surface area contributed by atoms with E-state index >= 15 is 0 Å². The highest BCUT2D eigenvalue weighted by molar-refractivity contribution is 5.97. The van der Waals surface area contributed by atoms with Gasteiger partial charge in [-0.05, 0) is 60.9 Å². The molecule has 0 saturated carbocycles. The Kier molecular flexibility index (Phi) is 6.46.